The molecule has 1 aliphatic heterocycles. The molecule has 2 aromatic carbocycles. The Kier molecular flexibility index (Phi) is 9.87. The van der Waals surface area contributed by atoms with Crippen LogP contribution in [0.3, 0.4) is 0 Å². The quantitative estimate of drug-likeness (QED) is 0.328. The van der Waals surface area contributed by atoms with Gasteiger partial charge in [0.15, 0.2) is 12.3 Å². The van der Waals surface area contributed by atoms with Gasteiger partial charge in [-0.1, -0.05) is 60.7 Å². The minimum atomic E-state index is -1.33. The Morgan fingerprint density at radius 1 is 0.951 bits per heavy atom. The summed E-state index contributed by atoms with van der Waals surface area (Å²) in [4.78, 5) is 51.3. The molecule has 2 heterocycles. The van der Waals surface area contributed by atoms with Crippen molar-refractivity contribution >= 4 is 11.9 Å². The third-order valence-corrected chi connectivity index (χ3v) is 6.74. The Bertz CT molecular complexity index is 1440. The van der Waals surface area contributed by atoms with E-state index in [1.54, 1.807) is 6.92 Å². The lowest BCUT2D eigenvalue weighted by atomic mass is 9.92. The number of aryl methyl sites for hydroxylation is 1. The first-order valence-corrected chi connectivity index (χ1v) is 13.3. The molecule has 0 amide bonds. The second kappa shape index (κ2) is 13.5. The summed E-state index contributed by atoms with van der Waals surface area (Å²) in [7, 11) is 0. The van der Waals surface area contributed by atoms with Crippen LogP contribution in [-0.2, 0) is 46.5 Å². The molecule has 3 aromatic rings. The van der Waals surface area contributed by atoms with E-state index in [0.29, 0.717) is 0 Å². The molecule has 0 unspecified atom stereocenters. The van der Waals surface area contributed by atoms with Crippen molar-refractivity contribution in [1.29, 1.82) is 0 Å². The highest BCUT2D eigenvalue weighted by Gasteiger charge is 2.59. The first-order valence-electron chi connectivity index (χ1n) is 13.3. The summed E-state index contributed by atoms with van der Waals surface area (Å²) in [5, 5.41) is 0. The monoisotopic (exact) mass is 566 g/mol. The van der Waals surface area contributed by atoms with E-state index in [-0.39, 0.29) is 38.4 Å². The van der Waals surface area contributed by atoms with Gasteiger partial charge in [0.25, 0.3) is 5.56 Å². The second-order valence-corrected chi connectivity index (χ2v) is 9.91. The van der Waals surface area contributed by atoms with E-state index in [2.05, 4.69) is 4.98 Å². The molecule has 1 N–H and O–H groups in total. The fourth-order valence-corrected chi connectivity index (χ4v) is 4.81. The molecule has 0 radical (unpaired) electrons. The number of H-pyrrole nitrogens is 1. The Morgan fingerprint density at radius 2 is 1.59 bits per heavy atom. The molecule has 1 aliphatic rings. The van der Waals surface area contributed by atoms with Gasteiger partial charge in [0.1, 0.15) is 11.7 Å². The number of hydrogen-bond donors (Lipinski definition) is 1. The first-order chi connectivity index (χ1) is 19.7. The van der Waals surface area contributed by atoms with Crippen molar-refractivity contribution in [3.05, 3.63) is 104 Å². The molecule has 11 nitrogen and oxygen atoms in total. The number of rotatable bonds is 12. The van der Waals surface area contributed by atoms with Gasteiger partial charge in [0.05, 0.1) is 26.4 Å². The van der Waals surface area contributed by atoms with Crippen LogP contribution in [0.25, 0.3) is 0 Å². The van der Waals surface area contributed by atoms with E-state index in [9.17, 15) is 19.2 Å². The number of ether oxygens (including phenoxy) is 5. The van der Waals surface area contributed by atoms with Gasteiger partial charge in [-0.15, -0.1) is 0 Å². The van der Waals surface area contributed by atoms with Gasteiger partial charge in [-0.05, 0) is 18.1 Å². The first kappa shape index (κ1) is 29.9. The highest BCUT2D eigenvalue weighted by atomic mass is 16.7. The van der Waals surface area contributed by atoms with Crippen molar-refractivity contribution in [2.45, 2.75) is 64.4 Å². The normalized spacial score (nSPS) is 21.9. The molecule has 0 spiro atoms. The number of carbonyl (C=O) groups is 2. The van der Waals surface area contributed by atoms with Crippen LogP contribution in [0.15, 0.2) is 76.4 Å². The van der Waals surface area contributed by atoms with E-state index in [0.717, 1.165) is 11.1 Å². The van der Waals surface area contributed by atoms with Gasteiger partial charge in [-0.3, -0.25) is 23.9 Å². The molecule has 4 atom stereocenters. The van der Waals surface area contributed by atoms with Gasteiger partial charge in [0, 0.05) is 32.0 Å². The third kappa shape index (κ3) is 7.57. The number of hydrogen-bond acceptors (Lipinski definition) is 9. The molecular formula is C30H34N2O9. The van der Waals surface area contributed by atoms with Crippen LogP contribution in [0.1, 0.15) is 43.2 Å². The lowest BCUT2D eigenvalue weighted by Gasteiger charge is -2.34. The van der Waals surface area contributed by atoms with Crippen molar-refractivity contribution in [1.82, 2.24) is 9.55 Å². The molecule has 0 bridgehead atoms. The third-order valence-electron chi connectivity index (χ3n) is 6.74. The molecule has 11 heteroatoms. The second-order valence-electron chi connectivity index (χ2n) is 9.91. The largest absolute Gasteiger partial charge is 0.466 e. The van der Waals surface area contributed by atoms with Crippen molar-refractivity contribution in [2.75, 3.05) is 13.2 Å². The lowest BCUT2D eigenvalue weighted by Crippen LogP contribution is -2.50. The van der Waals surface area contributed by atoms with Gasteiger partial charge < -0.3 is 23.7 Å². The zero-order valence-electron chi connectivity index (χ0n) is 23.2. The fraction of sp³-hybridized carbons (Fsp3) is 0.400. The number of nitrogens with zero attached hydrogens (tertiary/aromatic N) is 1. The minimum Gasteiger partial charge on any atom is -0.466 e. The van der Waals surface area contributed by atoms with E-state index in [1.165, 1.54) is 24.6 Å². The van der Waals surface area contributed by atoms with Crippen LogP contribution in [0, 0.1) is 6.92 Å². The van der Waals surface area contributed by atoms with E-state index in [4.69, 9.17) is 23.7 Å². The Labute approximate surface area is 237 Å². The Balaban J connectivity index is 1.76. The molecular weight excluding hydrogens is 532 g/mol. The number of aromatic nitrogens is 2. The summed E-state index contributed by atoms with van der Waals surface area (Å²) < 4.78 is 31.3. The highest BCUT2D eigenvalue weighted by Crippen LogP contribution is 2.43. The van der Waals surface area contributed by atoms with Gasteiger partial charge in [-0.25, -0.2) is 4.79 Å². The van der Waals surface area contributed by atoms with Crippen LogP contribution in [-0.4, -0.2) is 52.5 Å². The van der Waals surface area contributed by atoms with E-state index in [1.807, 2.05) is 60.7 Å². The zero-order chi connectivity index (χ0) is 29.4. The molecule has 41 heavy (non-hydrogen) atoms. The summed E-state index contributed by atoms with van der Waals surface area (Å²) in [6.07, 6.45) is -1.80. The van der Waals surface area contributed by atoms with Crippen LogP contribution in [0.2, 0.25) is 0 Å². The maximum Gasteiger partial charge on any atom is 0.330 e. The summed E-state index contributed by atoms with van der Waals surface area (Å²) in [5.74, 6) is -1.10. The number of carbonyl (C=O) groups excluding carboxylic acids is 2. The zero-order valence-corrected chi connectivity index (χ0v) is 23.2. The number of benzene rings is 2. The van der Waals surface area contributed by atoms with Crippen molar-refractivity contribution in [2.24, 2.45) is 0 Å². The topological polar surface area (TPSA) is 135 Å². The number of nitrogens with one attached hydrogen (secondary N) is 1. The van der Waals surface area contributed by atoms with E-state index < -0.39 is 47.2 Å². The van der Waals surface area contributed by atoms with Crippen LogP contribution in [0.4, 0.5) is 0 Å². The predicted molar refractivity (Wildman–Crippen MR) is 147 cm³/mol. The molecule has 1 aromatic heterocycles. The van der Waals surface area contributed by atoms with Crippen LogP contribution in [0.5, 0.6) is 0 Å². The molecule has 0 aliphatic carbocycles. The summed E-state index contributed by atoms with van der Waals surface area (Å²) in [6, 6.07) is 18.9. The van der Waals surface area contributed by atoms with Gasteiger partial charge >= 0.3 is 17.6 Å². The fourth-order valence-electron chi connectivity index (χ4n) is 4.81. The SMILES string of the molecule is CC(=O)OCC[C@]1(COCc2ccccc2)O[C@@H](n2cc(C)c(=O)[nH]c2=O)[C@H](OC(C)=O)[C@@H]1OCc1ccccc1. The van der Waals surface area contributed by atoms with Crippen molar-refractivity contribution in [3.63, 3.8) is 0 Å². The van der Waals surface area contributed by atoms with Gasteiger partial charge in [-0.2, -0.15) is 0 Å². The summed E-state index contributed by atoms with van der Waals surface area (Å²) in [5.41, 5.74) is -0.582. The maximum absolute atomic E-state index is 13.0. The van der Waals surface area contributed by atoms with Gasteiger partial charge in [0.2, 0.25) is 0 Å². The maximum atomic E-state index is 13.0. The Hall–Kier alpha value is -4.06. The lowest BCUT2D eigenvalue weighted by molar-refractivity contribution is -0.170. The number of aromatic amines is 1. The van der Waals surface area contributed by atoms with Crippen molar-refractivity contribution < 1.29 is 33.3 Å². The Morgan fingerprint density at radius 3 is 2.20 bits per heavy atom. The number of esters is 2. The molecule has 218 valence electrons. The summed E-state index contributed by atoms with van der Waals surface area (Å²) >= 11 is 0. The molecule has 0 saturated carbocycles. The van der Waals surface area contributed by atoms with Crippen molar-refractivity contribution in [3.8, 4) is 0 Å². The van der Waals surface area contributed by atoms with E-state index >= 15 is 0 Å². The highest BCUT2D eigenvalue weighted by molar-refractivity contribution is 5.66. The average Bonchev–Trinajstić information content (AvgIpc) is 3.22. The molecule has 1 fully saturated rings. The minimum absolute atomic E-state index is 0.0473. The predicted octanol–water partition coefficient (Wildman–Crippen LogP) is 2.80. The molecule has 4 rings (SSSR count). The average molecular weight is 567 g/mol. The van der Waals surface area contributed by atoms with Crippen LogP contribution < -0.4 is 11.2 Å². The smallest absolute Gasteiger partial charge is 0.330 e. The van der Waals surface area contributed by atoms with Crippen LogP contribution >= 0.6 is 0 Å². The standard InChI is InChI=1S/C30H34N2O9/c1-20-16-32(29(36)31-27(20)35)28-25(40-22(3)34)26(39-18-24-12-8-5-9-13-24)30(41-28,14-15-38-21(2)33)19-37-17-23-10-6-4-7-11-23/h4-13,16,25-26,28H,14-15,17-19H2,1-3H3,(H,31,35,36)/t25-,26+,28-,30-/m1/s1. The molecule has 1 saturated heterocycles. The summed E-state index contributed by atoms with van der Waals surface area (Å²) in [6.45, 7) is 4.37.